The number of allylic oxidation sites excluding steroid dienone is 1. The van der Waals surface area contributed by atoms with Crippen LogP contribution in [0.25, 0.3) is 6.08 Å². The van der Waals surface area contributed by atoms with E-state index in [0.29, 0.717) is 34.5 Å². The maximum atomic E-state index is 12.6. The van der Waals surface area contributed by atoms with Crippen LogP contribution in [-0.4, -0.2) is 5.78 Å². The molecule has 4 rings (SSSR count). The first kappa shape index (κ1) is 17.4. The lowest BCUT2D eigenvalue weighted by Gasteiger charge is -2.07. The first-order valence-corrected chi connectivity index (χ1v) is 8.98. The predicted molar refractivity (Wildman–Crippen MR) is 106 cm³/mol. The molecule has 4 heteroatoms. The Kier molecular flexibility index (Phi) is 4.69. The molecule has 0 spiro atoms. The molecule has 3 aromatic carbocycles. The van der Waals surface area contributed by atoms with E-state index in [9.17, 15) is 4.79 Å². The van der Waals surface area contributed by atoms with Crippen LogP contribution in [0.3, 0.4) is 0 Å². The molecule has 0 saturated carbocycles. The molecular formula is C23H17ClO3. The average Bonchev–Trinajstić information content (AvgIpc) is 2.96. The lowest BCUT2D eigenvalue weighted by molar-refractivity contribution is 0.101. The molecule has 134 valence electrons. The Balaban J connectivity index is 1.51. The van der Waals surface area contributed by atoms with Crippen molar-refractivity contribution in [2.75, 3.05) is 0 Å². The summed E-state index contributed by atoms with van der Waals surface area (Å²) in [5, 5.41) is 0.691. The summed E-state index contributed by atoms with van der Waals surface area (Å²) >= 11 is 5.89. The van der Waals surface area contributed by atoms with Gasteiger partial charge in [0.05, 0.1) is 5.56 Å². The number of carbonyl (C=O) groups excluding carboxylic acids is 1. The van der Waals surface area contributed by atoms with Gasteiger partial charge in [-0.25, -0.2) is 0 Å². The zero-order chi connectivity index (χ0) is 18.8. The molecule has 1 aliphatic heterocycles. The average molecular weight is 377 g/mol. The third kappa shape index (κ3) is 3.88. The maximum absolute atomic E-state index is 12.6. The molecule has 3 aromatic rings. The highest BCUT2D eigenvalue weighted by atomic mass is 35.5. The maximum Gasteiger partial charge on any atom is 0.231 e. The van der Waals surface area contributed by atoms with Gasteiger partial charge in [0.15, 0.2) is 5.76 Å². The van der Waals surface area contributed by atoms with E-state index in [4.69, 9.17) is 21.1 Å². The van der Waals surface area contributed by atoms with Crippen LogP contribution in [0.4, 0.5) is 0 Å². The fourth-order valence-electron chi connectivity index (χ4n) is 2.92. The van der Waals surface area contributed by atoms with Crippen molar-refractivity contribution >= 4 is 23.5 Å². The summed E-state index contributed by atoms with van der Waals surface area (Å²) in [4.78, 5) is 12.6. The van der Waals surface area contributed by atoms with E-state index >= 15 is 0 Å². The van der Waals surface area contributed by atoms with E-state index in [-0.39, 0.29) is 5.78 Å². The van der Waals surface area contributed by atoms with Gasteiger partial charge in [-0.1, -0.05) is 53.6 Å². The van der Waals surface area contributed by atoms with E-state index in [1.165, 1.54) is 0 Å². The van der Waals surface area contributed by atoms with Gasteiger partial charge >= 0.3 is 0 Å². The van der Waals surface area contributed by atoms with Crippen molar-refractivity contribution in [1.82, 2.24) is 0 Å². The van der Waals surface area contributed by atoms with Crippen LogP contribution in [0.1, 0.15) is 27.0 Å². The van der Waals surface area contributed by atoms with Crippen LogP contribution >= 0.6 is 11.6 Å². The molecule has 0 unspecified atom stereocenters. The summed E-state index contributed by atoms with van der Waals surface area (Å²) in [6, 6.07) is 20.7. The van der Waals surface area contributed by atoms with Gasteiger partial charge in [0.25, 0.3) is 0 Å². The van der Waals surface area contributed by atoms with Crippen LogP contribution in [-0.2, 0) is 6.61 Å². The topological polar surface area (TPSA) is 35.5 Å². The van der Waals surface area contributed by atoms with Crippen molar-refractivity contribution in [2.24, 2.45) is 0 Å². The Morgan fingerprint density at radius 2 is 1.85 bits per heavy atom. The number of carbonyl (C=O) groups is 1. The minimum Gasteiger partial charge on any atom is -0.489 e. The van der Waals surface area contributed by atoms with Crippen molar-refractivity contribution in [3.8, 4) is 11.5 Å². The smallest absolute Gasteiger partial charge is 0.231 e. The molecule has 1 aliphatic rings. The summed E-state index contributed by atoms with van der Waals surface area (Å²) in [5.41, 5.74) is 3.63. The quantitative estimate of drug-likeness (QED) is 0.536. The third-order valence-electron chi connectivity index (χ3n) is 4.30. The lowest BCUT2D eigenvalue weighted by Crippen LogP contribution is -1.98. The molecular weight excluding hydrogens is 360 g/mol. The van der Waals surface area contributed by atoms with Gasteiger partial charge in [0.2, 0.25) is 5.78 Å². The van der Waals surface area contributed by atoms with Crippen LogP contribution < -0.4 is 9.47 Å². The van der Waals surface area contributed by atoms with Gasteiger partial charge in [-0.15, -0.1) is 0 Å². The lowest BCUT2D eigenvalue weighted by atomic mass is 10.1. The third-order valence-corrected chi connectivity index (χ3v) is 4.55. The summed E-state index contributed by atoms with van der Waals surface area (Å²) < 4.78 is 11.6. The van der Waals surface area contributed by atoms with Gasteiger partial charge in [0, 0.05) is 11.1 Å². The summed E-state index contributed by atoms with van der Waals surface area (Å²) in [6.45, 7) is 2.42. The Labute approximate surface area is 162 Å². The van der Waals surface area contributed by atoms with Crippen LogP contribution in [0.5, 0.6) is 11.5 Å². The number of hydrogen-bond donors (Lipinski definition) is 0. The SMILES string of the molecule is Cc1cccc(/C=C2\Oc3cc(OCc4ccc(Cl)cc4)ccc3C2=O)c1. The van der Waals surface area contributed by atoms with E-state index in [0.717, 1.165) is 16.7 Å². The van der Waals surface area contributed by atoms with Crippen molar-refractivity contribution < 1.29 is 14.3 Å². The molecule has 27 heavy (non-hydrogen) atoms. The number of Topliss-reactive ketones (excluding diaryl/α,β-unsaturated/α-hetero) is 1. The van der Waals surface area contributed by atoms with Gasteiger partial charge in [-0.2, -0.15) is 0 Å². The van der Waals surface area contributed by atoms with Crippen molar-refractivity contribution in [3.05, 3.63) is 99.8 Å². The number of hydrogen-bond acceptors (Lipinski definition) is 3. The van der Waals surface area contributed by atoms with E-state index in [1.807, 2.05) is 55.5 Å². The molecule has 0 fully saturated rings. The van der Waals surface area contributed by atoms with E-state index < -0.39 is 0 Å². The molecule has 0 aliphatic carbocycles. The number of aryl methyl sites for hydroxylation is 1. The monoisotopic (exact) mass is 376 g/mol. The van der Waals surface area contributed by atoms with Gasteiger partial charge in [-0.05, 0) is 48.4 Å². The Morgan fingerprint density at radius 1 is 1.04 bits per heavy atom. The van der Waals surface area contributed by atoms with Gasteiger partial charge in [0.1, 0.15) is 18.1 Å². The normalized spacial score (nSPS) is 14.1. The summed E-state index contributed by atoms with van der Waals surface area (Å²) in [7, 11) is 0. The molecule has 0 bridgehead atoms. The second-order valence-electron chi connectivity index (χ2n) is 6.43. The second-order valence-corrected chi connectivity index (χ2v) is 6.86. The van der Waals surface area contributed by atoms with Crippen molar-refractivity contribution in [1.29, 1.82) is 0 Å². The Hall–Kier alpha value is -3.04. The zero-order valence-corrected chi connectivity index (χ0v) is 15.5. The Morgan fingerprint density at radius 3 is 2.63 bits per heavy atom. The molecule has 0 aromatic heterocycles. The minimum absolute atomic E-state index is 0.115. The standard InChI is InChI=1S/C23H17ClO3/c1-15-3-2-4-17(11-15)12-22-23(25)20-10-9-19(13-21(20)27-22)26-14-16-5-7-18(24)8-6-16/h2-13H,14H2,1H3/b22-12-. The first-order chi connectivity index (χ1) is 13.1. The summed E-state index contributed by atoms with van der Waals surface area (Å²) in [6.07, 6.45) is 1.77. The number of halogens is 1. The molecule has 0 N–H and O–H groups in total. The minimum atomic E-state index is -0.115. The largest absolute Gasteiger partial charge is 0.489 e. The van der Waals surface area contributed by atoms with Crippen LogP contribution in [0, 0.1) is 6.92 Å². The molecule has 0 radical (unpaired) electrons. The van der Waals surface area contributed by atoms with Crippen LogP contribution in [0.2, 0.25) is 5.02 Å². The number of fused-ring (bicyclic) bond motifs is 1. The molecule has 3 nitrogen and oxygen atoms in total. The highest BCUT2D eigenvalue weighted by Crippen LogP contribution is 2.35. The fraction of sp³-hybridized carbons (Fsp3) is 0.0870. The highest BCUT2D eigenvalue weighted by molar-refractivity contribution is 6.30. The summed E-state index contributed by atoms with van der Waals surface area (Å²) in [5.74, 6) is 1.38. The number of rotatable bonds is 4. The van der Waals surface area contributed by atoms with Crippen LogP contribution in [0.15, 0.2) is 72.5 Å². The van der Waals surface area contributed by atoms with Gasteiger partial charge < -0.3 is 9.47 Å². The zero-order valence-electron chi connectivity index (χ0n) is 14.7. The van der Waals surface area contributed by atoms with Crippen molar-refractivity contribution in [2.45, 2.75) is 13.5 Å². The molecule has 0 amide bonds. The van der Waals surface area contributed by atoms with E-state index in [1.54, 1.807) is 24.3 Å². The Bertz CT molecular complexity index is 1040. The fourth-order valence-corrected chi connectivity index (χ4v) is 3.04. The first-order valence-electron chi connectivity index (χ1n) is 8.61. The van der Waals surface area contributed by atoms with Crippen molar-refractivity contribution in [3.63, 3.8) is 0 Å². The number of ketones is 1. The highest BCUT2D eigenvalue weighted by Gasteiger charge is 2.27. The number of ether oxygens (including phenoxy) is 2. The van der Waals surface area contributed by atoms with Gasteiger partial charge in [-0.3, -0.25) is 4.79 Å². The molecule has 1 heterocycles. The molecule has 0 saturated heterocycles. The van der Waals surface area contributed by atoms with E-state index in [2.05, 4.69) is 0 Å². The molecule has 0 atom stereocenters. The number of benzene rings is 3. The second kappa shape index (κ2) is 7.29. The predicted octanol–water partition coefficient (Wildman–Crippen LogP) is 5.84.